The van der Waals surface area contributed by atoms with Crippen LogP contribution in [0.5, 0.6) is 5.75 Å². The largest absolute Gasteiger partial charge is 0.493 e. The van der Waals surface area contributed by atoms with E-state index in [2.05, 4.69) is 22.3 Å². The van der Waals surface area contributed by atoms with Gasteiger partial charge in [-0.2, -0.15) is 13.2 Å². The maximum atomic E-state index is 13.7. The van der Waals surface area contributed by atoms with Crippen LogP contribution in [-0.4, -0.2) is 27.9 Å². The molecular formula is C24H26F3N3O3S. The molecule has 34 heavy (non-hydrogen) atoms. The fourth-order valence-electron chi connectivity index (χ4n) is 3.41. The molecule has 0 bridgehead atoms. The summed E-state index contributed by atoms with van der Waals surface area (Å²) in [5.74, 6) is -1.35. The molecular weight excluding hydrogens is 467 g/mol. The lowest BCUT2D eigenvalue weighted by atomic mass is 10.0. The predicted molar refractivity (Wildman–Crippen MR) is 124 cm³/mol. The van der Waals surface area contributed by atoms with E-state index < -0.39 is 23.2 Å². The molecule has 6 nitrogen and oxygen atoms in total. The lowest BCUT2D eigenvalue weighted by Crippen LogP contribution is -2.35. The van der Waals surface area contributed by atoms with Gasteiger partial charge >= 0.3 is 12.1 Å². The first kappa shape index (κ1) is 25.6. The molecule has 182 valence electrons. The van der Waals surface area contributed by atoms with Crippen molar-refractivity contribution in [3.8, 4) is 16.3 Å². The van der Waals surface area contributed by atoms with Crippen molar-refractivity contribution < 1.29 is 27.8 Å². The molecule has 1 heterocycles. The van der Waals surface area contributed by atoms with Gasteiger partial charge in [0.05, 0.1) is 24.1 Å². The molecule has 0 saturated carbocycles. The average Bonchev–Trinajstić information content (AvgIpc) is 3.27. The van der Waals surface area contributed by atoms with Gasteiger partial charge in [-0.25, -0.2) is 0 Å². The molecule has 0 radical (unpaired) electrons. The number of carboxylic acid groups (broad SMARTS) is 1. The summed E-state index contributed by atoms with van der Waals surface area (Å²) < 4.78 is 46.6. The van der Waals surface area contributed by atoms with Crippen LogP contribution < -0.4 is 10.5 Å². The molecule has 0 saturated heterocycles. The summed E-state index contributed by atoms with van der Waals surface area (Å²) in [6, 6.07) is 13.8. The van der Waals surface area contributed by atoms with E-state index in [-0.39, 0.29) is 34.4 Å². The summed E-state index contributed by atoms with van der Waals surface area (Å²) in [6.07, 6.45) is -1.66. The highest BCUT2D eigenvalue weighted by Gasteiger charge is 2.35. The number of aromatic nitrogens is 2. The van der Waals surface area contributed by atoms with Gasteiger partial charge in [-0.05, 0) is 56.4 Å². The maximum absolute atomic E-state index is 13.7. The highest BCUT2D eigenvalue weighted by molar-refractivity contribution is 7.14. The standard InChI is InChI=1S/C24H26F3N3O3S/c1-23(28,15-20(31)32)22-30-29-21(34-22)17-11-12-19(18(14-17)24(25,26)27)33-13-7-3-6-10-16-8-4-2-5-9-16/h2,4-5,8-9,11-12,14H,3,6-7,10,13,15,28H2,1H3,(H,31,32)/t23-/m0/s1. The number of aryl methyl sites for hydroxylation is 1. The monoisotopic (exact) mass is 493 g/mol. The van der Waals surface area contributed by atoms with Crippen molar-refractivity contribution in [3.05, 3.63) is 64.7 Å². The Labute approximate surface area is 199 Å². The lowest BCUT2D eigenvalue weighted by Gasteiger charge is -2.18. The van der Waals surface area contributed by atoms with Crippen LogP contribution in [0.1, 0.15) is 48.7 Å². The fraction of sp³-hybridized carbons (Fsp3) is 0.375. The molecule has 1 atom stereocenters. The minimum Gasteiger partial charge on any atom is -0.493 e. The van der Waals surface area contributed by atoms with Crippen molar-refractivity contribution in [1.82, 2.24) is 10.2 Å². The van der Waals surface area contributed by atoms with Crippen LogP contribution in [0.3, 0.4) is 0 Å². The molecule has 0 aliphatic rings. The van der Waals surface area contributed by atoms with E-state index in [4.69, 9.17) is 15.6 Å². The number of halogens is 3. The Kier molecular flexibility index (Phi) is 8.27. The number of hydrogen-bond donors (Lipinski definition) is 2. The van der Waals surface area contributed by atoms with Crippen molar-refractivity contribution in [2.45, 2.75) is 50.7 Å². The maximum Gasteiger partial charge on any atom is 0.419 e. The van der Waals surface area contributed by atoms with Crippen LogP contribution in [-0.2, 0) is 22.9 Å². The van der Waals surface area contributed by atoms with Gasteiger partial charge < -0.3 is 15.6 Å². The molecule has 3 N–H and O–H groups in total. The van der Waals surface area contributed by atoms with E-state index in [9.17, 15) is 18.0 Å². The number of hydrogen-bond acceptors (Lipinski definition) is 6. The number of carboxylic acids is 1. The van der Waals surface area contributed by atoms with Gasteiger partial charge in [-0.15, -0.1) is 10.2 Å². The van der Waals surface area contributed by atoms with Crippen molar-refractivity contribution in [3.63, 3.8) is 0 Å². The van der Waals surface area contributed by atoms with Gasteiger partial charge in [0.2, 0.25) is 0 Å². The van der Waals surface area contributed by atoms with E-state index in [1.165, 1.54) is 24.6 Å². The van der Waals surface area contributed by atoms with Crippen LogP contribution >= 0.6 is 11.3 Å². The number of benzene rings is 2. The van der Waals surface area contributed by atoms with Crippen molar-refractivity contribution in [2.24, 2.45) is 5.73 Å². The van der Waals surface area contributed by atoms with Crippen LogP contribution in [0.2, 0.25) is 0 Å². The second-order valence-corrected chi connectivity index (χ2v) is 9.23. The van der Waals surface area contributed by atoms with Crippen molar-refractivity contribution in [1.29, 1.82) is 0 Å². The molecule has 0 spiro atoms. The Morgan fingerprint density at radius 3 is 2.50 bits per heavy atom. The zero-order valence-electron chi connectivity index (χ0n) is 18.6. The first-order valence-corrected chi connectivity index (χ1v) is 11.6. The summed E-state index contributed by atoms with van der Waals surface area (Å²) in [5.41, 5.74) is 5.27. The average molecular weight is 494 g/mol. The van der Waals surface area contributed by atoms with Crippen LogP contribution in [0, 0.1) is 0 Å². The van der Waals surface area contributed by atoms with Gasteiger partial charge in [-0.3, -0.25) is 4.79 Å². The minimum atomic E-state index is -4.61. The third-order valence-electron chi connectivity index (χ3n) is 5.17. The van der Waals surface area contributed by atoms with Crippen LogP contribution in [0.25, 0.3) is 10.6 Å². The Balaban J connectivity index is 1.64. The number of rotatable bonds is 11. The highest BCUT2D eigenvalue weighted by Crippen LogP contribution is 2.40. The second-order valence-electron chi connectivity index (χ2n) is 8.25. The van der Waals surface area contributed by atoms with Gasteiger partial charge in [0.1, 0.15) is 15.8 Å². The molecule has 0 aliphatic heterocycles. The number of unbranched alkanes of at least 4 members (excludes halogenated alkanes) is 2. The summed E-state index contributed by atoms with van der Waals surface area (Å²) in [5, 5.41) is 17.3. The SMILES string of the molecule is C[C@](N)(CC(=O)O)c1nnc(-c2ccc(OCCCCCc3ccccc3)c(C(F)(F)F)c2)s1. The second kappa shape index (κ2) is 11.0. The molecule has 0 unspecified atom stereocenters. The molecule has 1 aromatic heterocycles. The third kappa shape index (κ3) is 7.01. The Bertz CT molecular complexity index is 1100. The van der Waals surface area contributed by atoms with E-state index in [0.717, 1.165) is 36.7 Å². The van der Waals surface area contributed by atoms with E-state index in [0.29, 0.717) is 6.42 Å². The minimum absolute atomic E-state index is 0.181. The molecule has 2 aromatic carbocycles. The zero-order valence-corrected chi connectivity index (χ0v) is 19.5. The Morgan fingerprint density at radius 1 is 1.09 bits per heavy atom. The summed E-state index contributed by atoms with van der Waals surface area (Å²) in [7, 11) is 0. The highest BCUT2D eigenvalue weighted by atomic mass is 32.1. The number of ether oxygens (including phenoxy) is 1. The van der Waals surface area contributed by atoms with Crippen molar-refractivity contribution in [2.75, 3.05) is 6.61 Å². The predicted octanol–water partition coefficient (Wildman–Crippen LogP) is 5.66. The lowest BCUT2D eigenvalue weighted by molar-refractivity contribution is -0.139. The van der Waals surface area contributed by atoms with Gasteiger partial charge in [-0.1, -0.05) is 41.7 Å². The number of nitrogens with zero attached hydrogens (tertiary/aromatic N) is 2. The summed E-state index contributed by atoms with van der Waals surface area (Å²) >= 11 is 0.966. The fourth-order valence-corrected chi connectivity index (χ4v) is 4.30. The Morgan fingerprint density at radius 2 is 1.82 bits per heavy atom. The van der Waals surface area contributed by atoms with Crippen molar-refractivity contribution >= 4 is 17.3 Å². The van der Waals surface area contributed by atoms with Gasteiger partial charge in [0.25, 0.3) is 0 Å². The quantitative estimate of drug-likeness (QED) is 0.334. The summed E-state index contributed by atoms with van der Waals surface area (Å²) in [4.78, 5) is 11.0. The number of aliphatic carboxylic acids is 1. The smallest absolute Gasteiger partial charge is 0.419 e. The topological polar surface area (TPSA) is 98.3 Å². The number of nitrogens with two attached hydrogens (primary N) is 1. The number of carbonyl (C=O) groups is 1. The molecule has 0 aliphatic carbocycles. The van der Waals surface area contributed by atoms with E-state index in [1.54, 1.807) is 0 Å². The summed E-state index contributed by atoms with van der Waals surface area (Å²) in [6.45, 7) is 1.67. The van der Waals surface area contributed by atoms with Crippen LogP contribution in [0.15, 0.2) is 48.5 Å². The first-order chi connectivity index (χ1) is 16.1. The normalized spacial score (nSPS) is 13.4. The van der Waals surface area contributed by atoms with Crippen LogP contribution in [0.4, 0.5) is 13.2 Å². The molecule has 0 amide bonds. The zero-order chi connectivity index (χ0) is 24.8. The Hall–Kier alpha value is -2.98. The molecule has 10 heteroatoms. The number of alkyl halides is 3. The molecule has 0 fully saturated rings. The van der Waals surface area contributed by atoms with E-state index in [1.807, 2.05) is 18.2 Å². The molecule has 3 rings (SSSR count). The third-order valence-corrected chi connectivity index (χ3v) is 6.43. The molecule has 3 aromatic rings. The van der Waals surface area contributed by atoms with E-state index >= 15 is 0 Å². The first-order valence-electron chi connectivity index (χ1n) is 10.8. The van der Waals surface area contributed by atoms with Gasteiger partial charge in [0.15, 0.2) is 0 Å². The van der Waals surface area contributed by atoms with Gasteiger partial charge in [0, 0.05) is 5.56 Å².